The molecule has 2 nitrogen and oxygen atoms in total. The van der Waals surface area contributed by atoms with Crippen LogP contribution in [-0.4, -0.2) is 25.5 Å². The van der Waals surface area contributed by atoms with Gasteiger partial charge in [-0.25, -0.2) is 0 Å². The third-order valence-electron chi connectivity index (χ3n) is 4.57. The minimum atomic E-state index is 0.151. The lowest BCUT2D eigenvalue weighted by molar-refractivity contribution is 0.107. The average molecular weight is 290 g/mol. The highest BCUT2D eigenvalue weighted by atomic mass is 32.1. The van der Waals surface area contributed by atoms with Gasteiger partial charge in [-0.05, 0) is 51.0 Å². The molecule has 1 heterocycles. The Balaban J connectivity index is 2.19. The van der Waals surface area contributed by atoms with Crippen LogP contribution in [0.15, 0.2) is 5.38 Å². The average Bonchev–Trinajstić information content (AvgIpc) is 2.83. The van der Waals surface area contributed by atoms with Crippen LogP contribution in [0.4, 0.5) is 5.00 Å². The molecule has 0 spiro atoms. The summed E-state index contributed by atoms with van der Waals surface area (Å²) in [6.07, 6.45) is 5.24. The maximum atomic E-state index is 11.9. The summed E-state index contributed by atoms with van der Waals surface area (Å²) in [4.78, 5) is 14.4. The molecular weight excluding hydrogens is 265 g/mol. The Bertz CT molecular complexity index is 463. The molecule has 1 aliphatic carbocycles. The molecule has 1 aliphatic rings. The van der Waals surface area contributed by atoms with Gasteiger partial charge in [0.25, 0.3) is 0 Å². The van der Waals surface area contributed by atoms with E-state index in [-0.39, 0.29) is 5.68 Å². The van der Waals surface area contributed by atoms with Crippen LogP contribution >= 0.6 is 11.3 Å². The molecule has 0 N–H and O–H groups in total. The Labute approximate surface area is 127 Å². The zero-order chi connectivity index (χ0) is 14.7. The summed E-state index contributed by atoms with van der Waals surface area (Å²) in [6, 6.07) is 0.655. The molecule has 0 aliphatic heterocycles. The van der Waals surface area contributed by atoms with Gasteiger partial charge in [-0.15, -0.1) is 11.3 Å². The molecule has 109 valence electrons. The van der Waals surface area contributed by atoms with Crippen LogP contribution in [0.1, 0.15) is 55.5 Å². The number of thiophene rings is 1. The first-order valence-electron chi connectivity index (χ1n) is 7.76. The second kappa shape index (κ2) is 6.79. The van der Waals surface area contributed by atoms with Gasteiger partial charge in [0.15, 0.2) is 0 Å². The van der Waals surface area contributed by atoms with Gasteiger partial charge in [-0.2, -0.15) is 0 Å². The van der Waals surface area contributed by atoms with Crippen molar-refractivity contribution in [3.8, 4) is 0 Å². The molecule has 1 aromatic rings. The zero-order valence-electron chi connectivity index (χ0n) is 13.1. The SMILES string of the molecule is C[B]C(=O)c1csc(N(CC)C2CCC(C)CC2)c1C. The highest BCUT2D eigenvalue weighted by Crippen LogP contribution is 2.36. The number of hydrogen-bond acceptors (Lipinski definition) is 3. The summed E-state index contributed by atoms with van der Waals surface area (Å²) < 4.78 is 0. The predicted octanol–water partition coefficient (Wildman–Crippen LogP) is 4.35. The molecule has 0 saturated heterocycles. The number of hydrogen-bond donors (Lipinski definition) is 0. The lowest BCUT2D eigenvalue weighted by Gasteiger charge is -2.36. The maximum Gasteiger partial charge on any atom is 0.205 e. The van der Waals surface area contributed by atoms with E-state index in [1.165, 1.54) is 36.2 Å². The van der Waals surface area contributed by atoms with Crippen LogP contribution in [0.25, 0.3) is 0 Å². The molecule has 0 amide bonds. The van der Waals surface area contributed by atoms with Crippen LogP contribution in [0.2, 0.25) is 6.82 Å². The fraction of sp³-hybridized carbons (Fsp3) is 0.688. The fourth-order valence-electron chi connectivity index (χ4n) is 3.21. The van der Waals surface area contributed by atoms with E-state index in [1.54, 1.807) is 18.6 Å². The first kappa shape index (κ1) is 15.6. The van der Waals surface area contributed by atoms with Gasteiger partial charge in [0.1, 0.15) is 5.68 Å². The predicted molar refractivity (Wildman–Crippen MR) is 89.4 cm³/mol. The van der Waals surface area contributed by atoms with E-state index in [4.69, 9.17) is 0 Å². The van der Waals surface area contributed by atoms with E-state index < -0.39 is 0 Å². The number of anilines is 1. The molecule has 1 aromatic heterocycles. The molecule has 0 unspecified atom stereocenters. The molecule has 0 atom stereocenters. The number of nitrogens with zero attached hydrogens (tertiary/aromatic N) is 1. The van der Waals surface area contributed by atoms with Gasteiger partial charge >= 0.3 is 0 Å². The molecule has 1 saturated carbocycles. The molecule has 4 heteroatoms. The minimum Gasteiger partial charge on any atom is -0.361 e. The van der Waals surface area contributed by atoms with Crippen LogP contribution in [0.3, 0.4) is 0 Å². The number of rotatable bonds is 5. The van der Waals surface area contributed by atoms with Crippen LogP contribution in [-0.2, 0) is 0 Å². The topological polar surface area (TPSA) is 20.3 Å². The monoisotopic (exact) mass is 290 g/mol. The molecule has 1 radical (unpaired) electrons. The number of carbonyl (C=O) groups is 1. The van der Waals surface area contributed by atoms with Crippen molar-refractivity contribution in [3.05, 3.63) is 16.5 Å². The molecule has 20 heavy (non-hydrogen) atoms. The lowest BCUT2D eigenvalue weighted by Crippen LogP contribution is -2.37. The summed E-state index contributed by atoms with van der Waals surface area (Å²) in [5.74, 6) is 0.876. The minimum absolute atomic E-state index is 0.151. The van der Waals surface area contributed by atoms with E-state index in [1.807, 2.05) is 12.2 Å². The zero-order valence-corrected chi connectivity index (χ0v) is 13.9. The number of carbonyl (C=O) groups excluding carboxylic acids is 1. The van der Waals surface area contributed by atoms with Gasteiger partial charge < -0.3 is 9.69 Å². The first-order chi connectivity index (χ1) is 9.58. The van der Waals surface area contributed by atoms with Crippen molar-refractivity contribution in [2.24, 2.45) is 5.92 Å². The molecule has 2 rings (SSSR count). The summed E-state index contributed by atoms with van der Waals surface area (Å²) >= 11 is 1.73. The third kappa shape index (κ3) is 3.11. The van der Waals surface area contributed by atoms with Gasteiger partial charge in [-0.3, -0.25) is 0 Å². The van der Waals surface area contributed by atoms with Crippen molar-refractivity contribution < 1.29 is 4.79 Å². The van der Waals surface area contributed by atoms with Crippen molar-refractivity contribution in [2.75, 3.05) is 11.4 Å². The van der Waals surface area contributed by atoms with Gasteiger partial charge in [0.05, 0.1) is 5.00 Å². The molecular formula is C16H25BNOS. The Morgan fingerprint density at radius 3 is 2.60 bits per heavy atom. The second-order valence-corrected chi connectivity index (χ2v) is 6.79. The summed E-state index contributed by atoms with van der Waals surface area (Å²) in [7, 11) is 1.66. The van der Waals surface area contributed by atoms with Crippen molar-refractivity contribution in [3.63, 3.8) is 0 Å². The molecule has 0 bridgehead atoms. The van der Waals surface area contributed by atoms with Gasteiger partial charge in [-0.1, -0.05) is 13.7 Å². The molecule has 1 fully saturated rings. The lowest BCUT2D eigenvalue weighted by atomic mass is 9.73. The Morgan fingerprint density at radius 2 is 2.05 bits per heavy atom. The van der Waals surface area contributed by atoms with Gasteiger partial charge in [0.2, 0.25) is 7.28 Å². The second-order valence-electron chi connectivity index (χ2n) is 5.93. The van der Waals surface area contributed by atoms with E-state index in [9.17, 15) is 4.79 Å². The summed E-state index contributed by atoms with van der Waals surface area (Å²) in [5.41, 5.74) is 2.20. The van der Waals surface area contributed by atoms with Crippen molar-refractivity contribution in [2.45, 2.75) is 59.3 Å². The van der Waals surface area contributed by atoms with E-state index in [2.05, 4.69) is 25.7 Å². The highest BCUT2D eigenvalue weighted by Gasteiger charge is 2.26. The van der Waals surface area contributed by atoms with Crippen molar-refractivity contribution >= 4 is 29.3 Å². The molecule has 0 aromatic carbocycles. The Kier molecular flexibility index (Phi) is 5.31. The first-order valence-corrected chi connectivity index (χ1v) is 8.64. The third-order valence-corrected chi connectivity index (χ3v) is 5.69. The van der Waals surface area contributed by atoms with Crippen LogP contribution in [0.5, 0.6) is 0 Å². The van der Waals surface area contributed by atoms with E-state index >= 15 is 0 Å². The van der Waals surface area contributed by atoms with Crippen molar-refractivity contribution in [1.82, 2.24) is 0 Å². The Morgan fingerprint density at radius 1 is 1.40 bits per heavy atom. The van der Waals surface area contributed by atoms with Gasteiger partial charge in [0, 0.05) is 23.5 Å². The maximum absolute atomic E-state index is 11.9. The van der Waals surface area contributed by atoms with Crippen LogP contribution < -0.4 is 4.90 Å². The smallest absolute Gasteiger partial charge is 0.205 e. The Hall–Kier alpha value is -0.765. The van der Waals surface area contributed by atoms with Crippen LogP contribution in [0, 0.1) is 12.8 Å². The highest BCUT2D eigenvalue weighted by molar-refractivity contribution is 7.15. The van der Waals surface area contributed by atoms with E-state index in [0.29, 0.717) is 6.04 Å². The normalized spacial score (nSPS) is 22.6. The summed E-state index contributed by atoms with van der Waals surface area (Å²) in [6.45, 7) is 9.53. The largest absolute Gasteiger partial charge is 0.361 e. The standard InChI is InChI=1S/C16H25BNOS/c1-5-18(13-8-6-11(2)7-9-13)16-12(3)14(10-20-16)15(19)17-4/h10-11,13H,5-9H2,1-4H3. The fourth-order valence-corrected chi connectivity index (χ4v) is 4.43. The summed E-state index contributed by atoms with van der Waals surface area (Å²) in [5, 5.41) is 3.33. The quantitative estimate of drug-likeness (QED) is 0.751. The van der Waals surface area contributed by atoms with Crippen molar-refractivity contribution in [1.29, 1.82) is 0 Å². The van der Waals surface area contributed by atoms with E-state index in [0.717, 1.165) is 18.0 Å².